The van der Waals surface area contributed by atoms with Gasteiger partial charge in [0.25, 0.3) is 5.56 Å². The van der Waals surface area contributed by atoms with Crippen molar-refractivity contribution >= 4 is 33.5 Å². The van der Waals surface area contributed by atoms with Crippen LogP contribution in [0, 0.1) is 0 Å². The number of nitrogens with one attached hydrogen (secondary N) is 1. The summed E-state index contributed by atoms with van der Waals surface area (Å²) in [4.78, 5) is 27.1. The summed E-state index contributed by atoms with van der Waals surface area (Å²) in [6, 6.07) is 23.5. The Morgan fingerprint density at radius 2 is 1.76 bits per heavy atom. The Balaban J connectivity index is 1.50. The van der Waals surface area contributed by atoms with Crippen LogP contribution >= 0.6 is 11.6 Å². The SMILES string of the molecule is C[C@H](c1nc2cc(Cl)ccc2n1Cc1ccccc1)N(C)Cc1nc2ccccc2c(=O)[nH]1. The topological polar surface area (TPSA) is 66.8 Å². The molecule has 0 unspecified atom stereocenters. The molecule has 6 nitrogen and oxygen atoms in total. The minimum Gasteiger partial charge on any atom is -0.322 e. The van der Waals surface area contributed by atoms with Crippen LogP contribution in [0.2, 0.25) is 5.02 Å². The zero-order chi connectivity index (χ0) is 22.9. The number of aromatic nitrogens is 4. The lowest BCUT2D eigenvalue weighted by Gasteiger charge is -2.25. The maximum absolute atomic E-state index is 12.5. The molecule has 33 heavy (non-hydrogen) atoms. The predicted molar refractivity (Wildman–Crippen MR) is 133 cm³/mol. The Kier molecular flexibility index (Phi) is 5.70. The summed E-state index contributed by atoms with van der Waals surface area (Å²) >= 11 is 6.25. The first-order valence-corrected chi connectivity index (χ1v) is 11.2. The first-order chi connectivity index (χ1) is 16.0. The molecule has 2 heterocycles. The predicted octanol–water partition coefficient (Wildman–Crippen LogP) is 5.17. The highest BCUT2D eigenvalue weighted by molar-refractivity contribution is 6.31. The highest BCUT2D eigenvalue weighted by Gasteiger charge is 2.21. The lowest BCUT2D eigenvalue weighted by Crippen LogP contribution is -2.27. The summed E-state index contributed by atoms with van der Waals surface area (Å²) in [7, 11) is 2.01. The van der Waals surface area contributed by atoms with Gasteiger partial charge >= 0.3 is 0 Å². The van der Waals surface area contributed by atoms with Crippen molar-refractivity contribution in [2.75, 3.05) is 7.05 Å². The standard InChI is InChI=1S/C26H24ClN5O/c1-17(31(2)16-24-28-21-11-7-6-10-20(21)26(33)30-24)25-29-22-14-19(27)12-13-23(22)32(25)15-18-8-4-3-5-9-18/h3-14,17H,15-16H2,1-2H3,(H,28,30,33)/t17-/m1/s1. The first kappa shape index (κ1) is 21.4. The number of benzene rings is 3. The van der Waals surface area contributed by atoms with Gasteiger partial charge in [-0.1, -0.05) is 54.1 Å². The van der Waals surface area contributed by atoms with Crippen molar-refractivity contribution in [1.82, 2.24) is 24.4 Å². The second kappa shape index (κ2) is 8.81. The molecule has 1 atom stereocenters. The molecule has 0 amide bonds. The number of fused-ring (bicyclic) bond motifs is 2. The minimum atomic E-state index is -0.123. The Hall–Kier alpha value is -3.48. The van der Waals surface area contributed by atoms with Crippen LogP contribution in [0.1, 0.15) is 30.2 Å². The molecule has 3 aromatic carbocycles. The van der Waals surface area contributed by atoms with E-state index in [0.29, 0.717) is 34.8 Å². The van der Waals surface area contributed by atoms with Crippen LogP contribution in [0.3, 0.4) is 0 Å². The molecule has 0 radical (unpaired) electrons. The number of para-hydroxylation sites is 1. The highest BCUT2D eigenvalue weighted by Crippen LogP contribution is 2.27. The van der Waals surface area contributed by atoms with Crippen molar-refractivity contribution in [2.24, 2.45) is 0 Å². The van der Waals surface area contributed by atoms with Crippen LogP contribution in [-0.4, -0.2) is 31.5 Å². The summed E-state index contributed by atoms with van der Waals surface area (Å²) in [5, 5.41) is 1.26. The average Bonchev–Trinajstić information content (AvgIpc) is 3.16. The van der Waals surface area contributed by atoms with E-state index in [1.165, 1.54) is 5.56 Å². The molecule has 5 aromatic rings. The van der Waals surface area contributed by atoms with Crippen molar-refractivity contribution in [3.05, 3.63) is 105 Å². The van der Waals surface area contributed by atoms with E-state index in [4.69, 9.17) is 16.6 Å². The number of hydrogen-bond acceptors (Lipinski definition) is 4. The van der Waals surface area contributed by atoms with Gasteiger partial charge in [-0.15, -0.1) is 0 Å². The van der Waals surface area contributed by atoms with Crippen molar-refractivity contribution in [3.63, 3.8) is 0 Å². The maximum Gasteiger partial charge on any atom is 0.258 e. The molecule has 0 saturated carbocycles. The van der Waals surface area contributed by atoms with Crippen LogP contribution in [-0.2, 0) is 13.1 Å². The van der Waals surface area contributed by atoms with Crippen LogP contribution in [0.5, 0.6) is 0 Å². The Labute approximate surface area is 196 Å². The largest absolute Gasteiger partial charge is 0.322 e. The van der Waals surface area contributed by atoms with Gasteiger partial charge in [0, 0.05) is 11.6 Å². The van der Waals surface area contributed by atoms with E-state index in [-0.39, 0.29) is 11.6 Å². The third-order valence-corrected chi connectivity index (χ3v) is 6.25. The van der Waals surface area contributed by atoms with Gasteiger partial charge in [0.2, 0.25) is 0 Å². The van der Waals surface area contributed by atoms with E-state index in [2.05, 4.69) is 38.5 Å². The molecule has 0 spiro atoms. The summed E-state index contributed by atoms with van der Waals surface area (Å²) in [5.41, 5.74) is 3.68. The molecular weight excluding hydrogens is 434 g/mol. The molecule has 166 valence electrons. The van der Waals surface area contributed by atoms with Gasteiger partial charge in [0.15, 0.2) is 0 Å². The van der Waals surface area contributed by atoms with Gasteiger partial charge < -0.3 is 9.55 Å². The van der Waals surface area contributed by atoms with Crippen molar-refractivity contribution in [3.8, 4) is 0 Å². The summed E-state index contributed by atoms with van der Waals surface area (Å²) < 4.78 is 2.23. The number of nitrogens with zero attached hydrogens (tertiary/aromatic N) is 4. The molecule has 1 N–H and O–H groups in total. The molecule has 7 heteroatoms. The van der Waals surface area contributed by atoms with Crippen LogP contribution < -0.4 is 5.56 Å². The lowest BCUT2D eigenvalue weighted by molar-refractivity contribution is 0.234. The monoisotopic (exact) mass is 457 g/mol. The quantitative estimate of drug-likeness (QED) is 0.382. The van der Waals surface area contributed by atoms with Crippen molar-refractivity contribution < 1.29 is 0 Å². The molecule has 0 aliphatic heterocycles. The van der Waals surface area contributed by atoms with Crippen LogP contribution in [0.25, 0.3) is 21.9 Å². The molecule has 0 saturated heterocycles. The fourth-order valence-electron chi connectivity index (χ4n) is 4.15. The number of hydrogen-bond donors (Lipinski definition) is 1. The molecule has 0 fully saturated rings. The van der Waals surface area contributed by atoms with Crippen LogP contribution in [0.4, 0.5) is 0 Å². The molecule has 0 bridgehead atoms. The van der Waals surface area contributed by atoms with E-state index >= 15 is 0 Å². The van der Waals surface area contributed by atoms with Crippen molar-refractivity contribution in [2.45, 2.75) is 26.1 Å². The Bertz CT molecular complexity index is 1490. The Morgan fingerprint density at radius 3 is 2.58 bits per heavy atom. The zero-order valence-electron chi connectivity index (χ0n) is 18.5. The van der Waals surface area contributed by atoms with E-state index in [1.54, 1.807) is 6.07 Å². The Morgan fingerprint density at radius 1 is 1.00 bits per heavy atom. The number of imidazole rings is 1. The smallest absolute Gasteiger partial charge is 0.258 e. The van der Waals surface area contributed by atoms with E-state index in [0.717, 1.165) is 16.9 Å². The fraction of sp³-hybridized carbons (Fsp3) is 0.192. The number of aromatic amines is 1. The third-order valence-electron chi connectivity index (χ3n) is 6.02. The average molecular weight is 458 g/mol. The van der Waals surface area contributed by atoms with Gasteiger partial charge in [0.05, 0.1) is 34.5 Å². The maximum atomic E-state index is 12.5. The van der Waals surface area contributed by atoms with Gasteiger partial charge in [-0.05, 0) is 49.9 Å². The molecule has 0 aliphatic carbocycles. The lowest BCUT2D eigenvalue weighted by atomic mass is 10.2. The van der Waals surface area contributed by atoms with Crippen molar-refractivity contribution in [1.29, 1.82) is 0 Å². The zero-order valence-corrected chi connectivity index (χ0v) is 19.3. The highest BCUT2D eigenvalue weighted by atomic mass is 35.5. The normalized spacial score (nSPS) is 12.6. The third kappa shape index (κ3) is 4.27. The van der Waals surface area contributed by atoms with E-state index in [1.807, 2.05) is 61.6 Å². The van der Waals surface area contributed by atoms with Gasteiger partial charge in [0.1, 0.15) is 11.6 Å². The fourth-order valence-corrected chi connectivity index (χ4v) is 4.32. The van der Waals surface area contributed by atoms with E-state index < -0.39 is 0 Å². The molecular formula is C26H24ClN5O. The van der Waals surface area contributed by atoms with Gasteiger partial charge in [-0.2, -0.15) is 0 Å². The first-order valence-electron chi connectivity index (χ1n) is 10.9. The second-order valence-corrected chi connectivity index (χ2v) is 8.73. The number of halogens is 1. The summed E-state index contributed by atoms with van der Waals surface area (Å²) in [6.45, 7) is 3.30. The second-order valence-electron chi connectivity index (χ2n) is 8.30. The van der Waals surface area contributed by atoms with E-state index in [9.17, 15) is 4.79 Å². The van der Waals surface area contributed by atoms with Gasteiger partial charge in [-0.3, -0.25) is 9.69 Å². The summed E-state index contributed by atoms with van der Waals surface area (Å²) in [6.07, 6.45) is 0. The molecule has 2 aromatic heterocycles. The van der Waals surface area contributed by atoms with Gasteiger partial charge in [-0.25, -0.2) is 9.97 Å². The van der Waals surface area contributed by atoms with Crippen LogP contribution in [0.15, 0.2) is 77.6 Å². The number of H-pyrrole nitrogens is 1. The molecule has 0 aliphatic rings. The molecule has 5 rings (SSSR count). The minimum absolute atomic E-state index is 0.0309. The summed E-state index contributed by atoms with van der Waals surface area (Å²) in [5.74, 6) is 1.56. The number of rotatable bonds is 6.